The van der Waals surface area contributed by atoms with Crippen LogP contribution in [0, 0.1) is 19.8 Å². The molecule has 0 aliphatic rings. The van der Waals surface area contributed by atoms with Gasteiger partial charge in [0.2, 0.25) is 10.0 Å². The number of methoxy groups -OCH3 is 1. The molecule has 1 N–H and O–H groups in total. The topological polar surface area (TPSA) is 72.5 Å². The van der Waals surface area contributed by atoms with Crippen molar-refractivity contribution >= 4 is 16.0 Å². The first-order valence-electron chi connectivity index (χ1n) is 6.84. The number of ether oxygens (including phenoxy) is 1. The van der Waals surface area contributed by atoms with Gasteiger partial charge in [-0.1, -0.05) is 19.9 Å². The van der Waals surface area contributed by atoms with E-state index >= 15 is 0 Å². The Balaban J connectivity index is 3.05. The molecule has 0 saturated carbocycles. The number of carbonyl (C=O) groups excluding carboxylic acids is 1. The second kappa shape index (κ2) is 7.04. The van der Waals surface area contributed by atoms with Crippen molar-refractivity contribution in [3.63, 3.8) is 0 Å². The fraction of sp³-hybridized carbons (Fsp3) is 0.533. The van der Waals surface area contributed by atoms with E-state index in [1.165, 1.54) is 13.2 Å². The Bertz CT molecular complexity index is 608. The molecule has 0 fully saturated rings. The van der Waals surface area contributed by atoms with Gasteiger partial charge in [0.05, 0.1) is 12.0 Å². The fourth-order valence-corrected chi connectivity index (χ4v) is 3.22. The molecule has 1 atom stereocenters. The molecule has 1 aromatic carbocycles. The van der Waals surface area contributed by atoms with Crippen LogP contribution in [0.1, 0.15) is 31.4 Å². The highest BCUT2D eigenvalue weighted by atomic mass is 32.2. The molecule has 1 rings (SSSR count). The van der Waals surface area contributed by atoms with Gasteiger partial charge in [0, 0.05) is 0 Å². The van der Waals surface area contributed by atoms with E-state index in [0.29, 0.717) is 6.42 Å². The molecule has 118 valence electrons. The first-order chi connectivity index (χ1) is 9.67. The molecule has 0 amide bonds. The monoisotopic (exact) mass is 313 g/mol. The minimum atomic E-state index is -3.75. The summed E-state index contributed by atoms with van der Waals surface area (Å²) in [7, 11) is -2.50. The lowest BCUT2D eigenvalue weighted by Crippen LogP contribution is -2.42. The highest BCUT2D eigenvalue weighted by Gasteiger charge is 2.27. The normalized spacial score (nSPS) is 13.2. The van der Waals surface area contributed by atoms with E-state index in [9.17, 15) is 13.2 Å². The lowest BCUT2D eigenvalue weighted by Gasteiger charge is -2.18. The van der Waals surface area contributed by atoms with Gasteiger partial charge in [0.25, 0.3) is 0 Å². The van der Waals surface area contributed by atoms with Crippen molar-refractivity contribution in [1.82, 2.24) is 4.72 Å². The number of carbonyl (C=O) groups is 1. The van der Waals surface area contributed by atoms with Crippen LogP contribution in [0.5, 0.6) is 0 Å². The molecular weight excluding hydrogens is 290 g/mol. The van der Waals surface area contributed by atoms with E-state index in [1.807, 2.05) is 27.7 Å². The van der Waals surface area contributed by atoms with Crippen LogP contribution in [0.2, 0.25) is 0 Å². The van der Waals surface area contributed by atoms with Gasteiger partial charge in [-0.25, -0.2) is 8.42 Å². The minimum Gasteiger partial charge on any atom is -0.468 e. The van der Waals surface area contributed by atoms with E-state index in [2.05, 4.69) is 9.46 Å². The number of nitrogens with one attached hydrogen (secondary N) is 1. The van der Waals surface area contributed by atoms with Crippen molar-refractivity contribution in [2.75, 3.05) is 7.11 Å². The largest absolute Gasteiger partial charge is 0.468 e. The van der Waals surface area contributed by atoms with Gasteiger partial charge in [0.15, 0.2) is 0 Å². The highest BCUT2D eigenvalue weighted by Crippen LogP contribution is 2.16. The van der Waals surface area contributed by atoms with Crippen molar-refractivity contribution in [3.05, 3.63) is 29.3 Å². The Kier molecular flexibility index (Phi) is 5.92. The molecule has 0 bridgehead atoms. The summed E-state index contributed by atoms with van der Waals surface area (Å²) in [6.07, 6.45) is 0.386. The lowest BCUT2D eigenvalue weighted by atomic mass is 10.1. The third-order valence-electron chi connectivity index (χ3n) is 3.28. The number of sulfonamides is 1. The summed E-state index contributed by atoms with van der Waals surface area (Å²) in [5, 5.41) is 0. The number of hydrogen-bond acceptors (Lipinski definition) is 4. The quantitative estimate of drug-likeness (QED) is 0.817. The van der Waals surface area contributed by atoms with Crippen LogP contribution in [0.15, 0.2) is 23.1 Å². The average Bonchev–Trinajstić information content (AvgIpc) is 2.39. The van der Waals surface area contributed by atoms with Crippen molar-refractivity contribution in [2.24, 2.45) is 5.92 Å². The minimum absolute atomic E-state index is 0.156. The predicted octanol–water partition coefficient (Wildman–Crippen LogP) is 2.17. The molecule has 6 heteroatoms. The molecule has 0 aromatic heterocycles. The van der Waals surface area contributed by atoms with Gasteiger partial charge in [-0.05, 0) is 49.4 Å². The van der Waals surface area contributed by atoms with E-state index in [1.54, 1.807) is 12.1 Å². The molecule has 1 aromatic rings. The molecule has 0 spiro atoms. The van der Waals surface area contributed by atoms with E-state index in [0.717, 1.165) is 11.1 Å². The van der Waals surface area contributed by atoms with E-state index in [-0.39, 0.29) is 10.8 Å². The van der Waals surface area contributed by atoms with Crippen LogP contribution >= 0.6 is 0 Å². The summed E-state index contributed by atoms with van der Waals surface area (Å²) in [6, 6.07) is 4.01. The van der Waals surface area contributed by atoms with Gasteiger partial charge < -0.3 is 4.74 Å². The number of aryl methyl sites for hydroxylation is 2. The summed E-state index contributed by atoms with van der Waals surface area (Å²) < 4.78 is 31.9. The molecule has 0 heterocycles. The van der Waals surface area contributed by atoms with E-state index < -0.39 is 22.0 Å². The third-order valence-corrected chi connectivity index (χ3v) is 4.75. The van der Waals surface area contributed by atoms with E-state index in [4.69, 9.17) is 0 Å². The van der Waals surface area contributed by atoms with Gasteiger partial charge in [-0.15, -0.1) is 0 Å². The summed E-state index contributed by atoms with van der Waals surface area (Å²) >= 11 is 0. The van der Waals surface area contributed by atoms with Crippen molar-refractivity contribution in [2.45, 2.75) is 45.1 Å². The SMILES string of the molecule is COC(=O)[C@@H](CC(C)C)NS(=O)(=O)c1ccc(C)c(C)c1. The zero-order valence-electron chi connectivity index (χ0n) is 13.1. The maximum atomic E-state index is 12.4. The Labute approximate surface area is 126 Å². The molecule has 21 heavy (non-hydrogen) atoms. The molecular formula is C15H23NO4S. The highest BCUT2D eigenvalue weighted by molar-refractivity contribution is 7.89. The van der Waals surface area contributed by atoms with Crippen molar-refractivity contribution in [1.29, 1.82) is 0 Å². The standard InChI is InChI=1S/C15H23NO4S/c1-10(2)8-14(15(17)20-5)16-21(18,19)13-7-6-11(3)12(4)9-13/h6-7,9-10,14,16H,8H2,1-5H3/t14-/m1/s1. The van der Waals surface area contributed by atoms with Gasteiger partial charge in [0.1, 0.15) is 6.04 Å². The van der Waals surface area contributed by atoms with Crippen LogP contribution in [0.3, 0.4) is 0 Å². The summed E-state index contributed by atoms with van der Waals surface area (Å²) in [5.41, 5.74) is 1.90. The summed E-state index contributed by atoms with van der Waals surface area (Å²) in [4.78, 5) is 11.9. The summed E-state index contributed by atoms with van der Waals surface area (Å²) in [5.74, 6) is -0.410. The fourth-order valence-electron chi connectivity index (χ4n) is 1.94. The van der Waals surface area contributed by atoms with Crippen molar-refractivity contribution < 1.29 is 17.9 Å². The second-order valence-corrected chi connectivity index (χ2v) is 7.29. The smallest absolute Gasteiger partial charge is 0.323 e. The van der Waals surface area contributed by atoms with Crippen LogP contribution in [0.4, 0.5) is 0 Å². The Hall–Kier alpha value is -1.40. The summed E-state index contributed by atoms with van der Waals surface area (Å²) in [6.45, 7) is 7.59. The predicted molar refractivity (Wildman–Crippen MR) is 81.5 cm³/mol. The van der Waals surface area contributed by atoms with Crippen LogP contribution in [0.25, 0.3) is 0 Å². The maximum absolute atomic E-state index is 12.4. The Morgan fingerprint density at radius 3 is 2.33 bits per heavy atom. The van der Waals surface area contributed by atoms with Crippen LogP contribution in [-0.2, 0) is 19.6 Å². The first-order valence-corrected chi connectivity index (χ1v) is 8.33. The molecule has 0 aliphatic heterocycles. The molecule has 0 saturated heterocycles. The number of esters is 1. The second-order valence-electron chi connectivity index (χ2n) is 5.57. The molecule has 0 unspecified atom stereocenters. The van der Waals surface area contributed by atoms with Gasteiger partial charge >= 0.3 is 5.97 Å². The molecule has 5 nitrogen and oxygen atoms in total. The Morgan fingerprint density at radius 2 is 1.86 bits per heavy atom. The average molecular weight is 313 g/mol. The molecule has 0 aliphatic carbocycles. The first kappa shape index (κ1) is 17.7. The zero-order chi connectivity index (χ0) is 16.2. The van der Waals surface area contributed by atoms with Gasteiger partial charge in [-0.2, -0.15) is 4.72 Å². The lowest BCUT2D eigenvalue weighted by molar-refractivity contribution is -0.143. The number of rotatable bonds is 6. The Morgan fingerprint density at radius 1 is 1.24 bits per heavy atom. The molecule has 0 radical (unpaired) electrons. The maximum Gasteiger partial charge on any atom is 0.323 e. The number of hydrogen-bond donors (Lipinski definition) is 1. The third kappa shape index (κ3) is 4.82. The van der Waals surface area contributed by atoms with Crippen molar-refractivity contribution in [3.8, 4) is 0 Å². The van der Waals surface area contributed by atoms with Gasteiger partial charge in [-0.3, -0.25) is 4.79 Å². The van der Waals surface area contributed by atoms with Crippen LogP contribution < -0.4 is 4.72 Å². The number of benzene rings is 1. The zero-order valence-corrected chi connectivity index (χ0v) is 14.0. The van der Waals surface area contributed by atoms with Crippen LogP contribution in [-0.4, -0.2) is 27.5 Å².